The molecule has 4 nitrogen and oxygen atoms in total. The number of carbonyl (C=O) groups excluding carboxylic acids is 1. The van der Waals surface area contributed by atoms with Crippen molar-refractivity contribution >= 4 is 6.09 Å². The van der Waals surface area contributed by atoms with Gasteiger partial charge in [0, 0.05) is 18.1 Å². The SMILES string of the molecule is CC(NC1CC1NC(=O)OC(C)(C)C)C1CC1. The molecule has 0 radical (unpaired) electrons. The Morgan fingerprint density at radius 1 is 1.29 bits per heavy atom. The molecule has 2 fully saturated rings. The number of ether oxygens (including phenoxy) is 1. The first-order valence-electron chi connectivity index (χ1n) is 6.61. The summed E-state index contributed by atoms with van der Waals surface area (Å²) in [5.74, 6) is 0.859. The van der Waals surface area contributed by atoms with Crippen LogP contribution in [0.3, 0.4) is 0 Å². The lowest BCUT2D eigenvalue weighted by molar-refractivity contribution is 0.0522. The number of hydrogen-bond donors (Lipinski definition) is 2. The van der Waals surface area contributed by atoms with Crippen molar-refractivity contribution in [2.45, 2.75) is 70.7 Å². The second-order valence-electron chi connectivity index (χ2n) is 6.39. The predicted molar refractivity (Wildman–Crippen MR) is 66.9 cm³/mol. The summed E-state index contributed by atoms with van der Waals surface area (Å²) in [6.07, 6.45) is 3.43. The number of amides is 1. The summed E-state index contributed by atoms with van der Waals surface area (Å²) in [5, 5.41) is 6.47. The zero-order valence-electron chi connectivity index (χ0n) is 11.2. The van der Waals surface area contributed by atoms with E-state index in [2.05, 4.69) is 17.6 Å². The van der Waals surface area contributed by atoms with Crippen LogP contribution >= 0.6 is 0 Å². The van der Waals surface area contributed by atoms with Gasteiger partial charge in [0.05, 0.1) is 0 Å². The van der Waals surface area contributed by atoms with Crippen molar-refractivity contribution in [3.63, 3.8) is 0 Å². The molecular weight excluding hydrogens is 216 g/mol. The maximum Gasteiger partial charge on any atom is 0.407 e. The Balaban J connectivity index is 1.63. The van der Waals surface area contributed by atoms with Crippen LogP contribution in [-0.2, 0) is 4.74 Å². The summed E-state index contributed by atoms with van der Waals surface area (Å²) in [6, 6.07) is 1.29. The van der Waals surface area contributed by atoms with Gasteiger partial charge in [0.2, 0.25) is 0 Å². The highest BCUT2D eigenvalue weighted by Gasteiger charge is 2.41. The normalized spacial score (nSPS) is 29.6. The van der Waals surface area contributed by atoms with Gasteiger partial charge in [0.25, 0.3) is 0 Å². The minimum absolute atomic E-state index is 0.256. The number of carbonyl (C=O) groups is 1. The Hall–Kier alpha value is -0.770. The highest BCUT2D eigenvalue weighted by Crippen LogP contribution is 2.34. The van der Waals surface area contributed by atoms with Crippen LogP contribution in [0.15, 0.2) is 0 Å². The summed E-state index contributed by atoms with van der Waals surface area (Å²) in [7, 11) is 0. The monoisotopic (exact) mass is 240 g/mol. The number of nitrogens with one attached hydrogen (secondary N) is 2. The molecule has 0 aromatic heterocycles. The largest absolute Gasteiger partial charge is 0.444 e. The summed E-state index contributed by atoms with van der Waals surface area (Å²) >= 11 is 0. The smallest absolute Gasteiger partial charge is 0.407 e. The average molecular weight is 240 g/mol. The molecule has 17 heavy (non-hydrogen) atoms. The summed E-state index contributed by atoms with van der Waals surface area (Å²) < 4.78 is 5.22. The van der Waals surface area contributed by atoms with Gasteiger partial charge in [-0.15, -0.1) is 0 Å². The fraction of sp³-hybridized carbons (Fsp3) is 0.923. The van der Waals surface area contributed by atoms with Gasteiger partial charge in [-0.25, -0.2) is 4.79 Å². The average Bonchev–Trinajstić information content (AvgIpc) is 2.95. The quantitative estimate of drug-likeness (QED) is 0.790. The third-order valence-electron chi connectivity index (χ3n) is 3.30. The van der Waals surface area contributed by atoms with E-state index in [1.165, 1.54) is 12.8 Å². The van der Waals surface area contributed by atoms with Crippen LogP contribution in [0, 0.1) is 5.92 Å². The number of rotatable bonds is 4. The molecule has 3 atom stereocenters. The molecule has 1 amide bonds. The van der Waals surface area contributed by atoms with Gasteiger partial charge in [-0.1, -0.05) is 0 Å². The van der Waals surface area contributed by atoms with Gasteiger partial charge in [0.1, 0.15) is 5.60 Å². The van der Waals surface area contributed by atoms with Crippen molar-refractivity contribution in [2.24, 2.45) is 5.92 Å². The van der Waals surface area contributed by atoms with Crippen LogP contribution in [0.5, 0.6) is 0 Å². The molecule has 0 aromatic carbocycles. The number of alkyl carbamates (subject to hydrolysis) is 1. The molecule has 3 unspecified atom stereocenters. The Morgan fingerprint density at radius 2 is 1.94 bits per heavy atom. The molecule has 0 aromatic rings. The van der Waals surface area contributed by atoms with Crippen molar-refractivity contribution in [2.75, 3.05) is 0 Å². The van der Waals surface area contributed by atoms with E-state index in [9.17, 15) is 4.79 Å². The zero-order chi connectivity index (χ0) is 12.6. The molecule has 2 aliphatic rings. The van der Waals surface area contributed by atoms with Crippen molar-refractivity contribution in [3.05, 3.63) is 0 Å². The third kappa shape index (κ3) is 4.19. The van der Waals surface area contributed by atoms with Gasteiger partial charge in [-0.05, 0) is 52.9 Å². The lowest BCUT2D eigenvalue weighted by Crippen LogP contribution is -2.39. The van der Waals surface area contributed by atoms with E-state index >= 15 is 0 Å². The predicted octanol–water partition coefficient (Wildman–Crippen LogP) is 2.04. The van der Waals surface area contributed by atoms with Gasteiger partial charge >= 0.3 is 6.09 Å². The molecule has 0 aliphatic heterocycles. The zero-order valence-corrected chi connectivity index (χ0v) is 11.2. The molecule has 0 bridgehead atoms. The molecule has 2 aliphatic carbocycles. The lowest BCUT2D eigenvalue weighted by atomic mass is 10.2. The second-order valence-corrected chi connectivity index (χ2v) is 6.39. The lowest BCUT2D eigenvalue weighted by Gasteiger charge is -2.20. The van der Waals surface area contributed by atoms with E-state index in [4.69, 9.17) is 4.74 Å². The van der Waals surface area contributed by atoms with Crippen LogP contribution in [0.25, 0.3) is 0 Å². The molecule has 2 rings (SSSR count). The highest BCUT2D eigenvalue weighted by molar-refractivity contribution is 5.68. The van der Waals surface area contributed by atoms with Crippen LogP contribution in [0.1, 0.15) is 47.0 Å². The highest BCUT2D eigenvalue weighted by atomic mass is 16.6. The van der Waals surface area contributed by atoms with Crippen molar-refractivity contribution in [1.82, 2.24) is 10.6 Å². The summed E-state index contributed by atoms with van der Waals surface area (Å²) in [6.45, 7) is 7.87. The maximum atomic E-state index is 11.5. The van der Waals surface area contributed by atoms with E-state index in [1.807, 2.05) is 20.8 Å². The fourth-order valence-corrected chi connectivity index (χ4v) is 2.07. The van der Waals surface area contributed by atoms with E-state index < -0.39 is 5.60 Å². The van der Waals surface area contributed by atoms with E-state index in [1.54, 1.807) is 0 Å². The fourth-order valence-electron chi connectivity index (χ4n) is 2.07. The Morgan fingerprint density at radius 3 is 2.47 bits per heavy atom. The molecule has 0 heterocycles. The van der Waals surface area contributed by atoms with Crippen molar-refractivity contribution in [3.8, 4) is 0 Å². The molecule has 0 spiro atoms. The first-order valence-corrected chi connectivity index (χ1v) is 6.61. The third-order valence-corrected chi connectivity index (χ3v) is 3.30. The molecule has 0 saturated heterocycles. The number of hydrogen-bond acceptors (Lipinski definition) is 3. The molecule has 2 saturated carbocycles. The Labute approximate surface area is 103 Å². The molecular formula is C13H24N2O2. The van der Waals surface area contributed by atoms with Crippen LogP contribution in [0.2, 0.25) is 0 Å². The van der Waals surface area contributed by atoms with Gasteiger partial charge < -0.3 is 15.4 Å². The van der Waals surface area contributed by atoms with Crippen LogP contribution < -0.4 is 10.6 Å². The Kier molecular flexibility index (Phi) is 3.34. The summed E-state index contributed by atoms with van der Waals surface area (Å²) in [4.78, 5) is 11.5. The molecule has 2 N–H and O–H groups in total. The minimum atomic E-state index is -0.413. The maximum absolute atomic E-state index is 11.5. The topological polar surface area (TPSA) is 50.4 Å². The molecule has 4 heteroatoms. The van der Waals surface area contributed by atoms with Crippen LogP contribution in [0.4, 0.5) is 4.79 Å². The molecule has 98 valence electrons. The standard InChI is InChI=1S/C13H24N2O2/c1-8(9-5-6-9)14-10-7-11(10)15-12(16)17-13(2,3)4/h8-11,14H,5-7H2,1-4H3,(H,15,16). The Bertz CT molecular complexity index is 294. The van der Waals surface area contributed by atoms with Crippen molar-refractivity contribution < 1.29 is 9.53 Å². The summed E-state index contributed by atoms with van der Waals surface area (Å²) in [5.41, 5.74) is -0.413. The second kappa shape index (κ2) is 4.48. The van der Waals surface area contributed by atoms with E-state index in [0.717, 1.165) is 12.3 Å². The van der Waals surface area contributed by atoms with E-state index in [-0.39, 0.29) is 12.1 Å². The van der Waals surface area contributed by atoms with Crippen molar-refractivity contribution in [1.29, 1.82) is 0 Å². The van der Waals surface area contributed by atoms with Gasteiger partial charge in [-0.3, -0.25) is 0 Å². The van der Waals surface area contributed by atoms with E-state index in [0.29, 0.717) is 12.1 Å². The van der Waals surface area contributed by atoms with Gasteiger partial charge in [-0.2, -0.15) is 0 Å². The van der Waals surface area contributed by atoms with Crippen LogP contribution in [-0.4, -0.2) is 29.8 Å². The van der Waals surface area contributed by atoms with Gasteiger partial charge in [0.15, 0.2) is 0 Å². The first-order chi connectivity index (χ1) is 7.85. The first kappa shape index (κ1) is 12.7. The minimum Gasteiger partial charge on any atom is -0.444 e.